The van der Waals surface area contributed by atoms with E-state index in [0.29, 0.717) is 22.9 Å². The van der Waals surface area contributed by atoms with E-state index in [1.165, 1.54) is 35.7 Å². The molecular weight excluding hydrogens is 456 g/mol. The standard InChI is InChI=1S/C28H24N4O2S/c33-25(22-15-14-20-10-4-5-11-21(20)16-22)18-35-28-30-29-27-31(17-19-8-2-1-3-9-19)26(34)23-12-6-7-13-24(23)32(27)28/h1-3,6-9,12-16H,4-5,10-11,17-18H2. The number of nitrogens with zero attached hydrogens (tertiary/aromatic N) is 4. The van der Waals surface area contributed by atoms with Crippen LogP contribution < -0.4 is 5.56 Å². The summed E-state index contributed by atoms with van der Waals surface area (Å²) in [7, 11) is 0. The maximum absolute atomic E-state index is 13.3. The van der Waals surface area contributed by atoms with Gasteiger partial charge in [-0.3, -0.25) is 18.6 Å². The van der Waals surface area contributed by atoms with Crippen molar-refractivity contribution in [3.63, 3.8) is 0 Å². The predicted octanol–water partition coefficient (Wildman–Crippen LogP) is 4.95. The fraction of sp³-hybridized carbons (Fsp3) is 0.214. The van der Waals surface area contributed by atoms with Crippen LogP contribution in [0.2, 0.25) is 0 Å². The van der Waals surface area contributed by atoms with Crippen molar-refractivity contribution in [1.82, 2.24) is 19.2 Å². The van der Waals surface area contributed by atoms with Gasteiger partial charge < -0.3 is 0 Å². The second kappa shape index (κ2) is 9.15. The first kappa shape index (κ1) is 21.8. The molecule has 0 saturated carbocycles. The third kappa shape index (κ3) is 4.06. The molecule has 0 atom stereocenters. The molecule has 3 aromatic carbocycles. The summed E-state index contributed by atoms with van der Waals surface area (Å²) in [4.78, 5) is 26.4. The van der Waals surface area contributed by atoms with Crippen LogP contribution in [-0.4, -0.2) is 30.7 Å². The first-order chi connectivity index (χ1) is 17.2. The average Bonchev–Trinajstić information content (AvgIpc) is 3.34. The molecule has 6 rings (SSSR count). The van der Waals surface area contributed by atoms with Crippen molar-refractivity contribution in [2.75, 3.05) is 5.75 Å². The van der Waals surface area contributed by atoms with Crippen LogP contribution >= 0.6 is 11.8 Å². The molecule has 2 heterocycles. The van der Waals surface area contributed by atoms with Crippen molar-refractivity contribution >= 4 is 34.2 Å². The van der Waals surface area contributed by atoms with E-state index < -0.39 is 0 Å². The van der Waals surface area contributed by atoms with Crippen LogP contribution in [0.4, 0.5) is 0 Å². The van der Waals surface area contributed by atoms with Crippen molar-refractivity contribution in [2.45, 2.75) is 37.4 Å². The van der Waals surface area contributed by atoms with E-state index in [2.05, 4.69) is 22.3 Å². The monoisotopic (exact) mass is 480 g/mol. The Kier molecular flexibility index (Phi) is 5.70. The Hall–Kier alpha value is -3.71. The number of aromatic nitrogens is 4. The van der Waals surface area contributed by atoms with Gasteiger partial charge in [-0.25, -0.2) is 0 Å². The molecular formula is C28H24N4O2S. The molecule has 1 aliphatic rings. The summed E-state index contributed by atoms with van der Waals surface area (Å²) in [5, 5.41) is 9.96. The van der Waals surface area contributed by atoms with Crippen LogP contribution in [0.25, 0.3) is 16.7 Å². The number of hydrogen-bond acceptors (Lipinski definition) is 5. The number of carbonyl (C=O) groups is 1. The topological polar surface area (TPSA) is 69.3 Å². The highest BCUT2D eigenvalue weighted by Crippen LogP contribution is 2.25. The van der Waals surface area contributed by atoms with Crippen LogP contribution in [0.1, 0.15) is 39.9 Å². The molecule has 0 N–H and O–H groups in total. The van der Waals surface area contributed by atoms with Gasteiger partial charge in [0.25, 0.3) is 5.56 Å². The summed E-state index contributed by atoms with van der Waals surface area (Å²) >= 11 is 1.36. The van der Waals surface area contributed by atoms with E-state index >= 15 is 0 Å². The predicted molar refractivity (Wildman–Crippen MR) is 138 cm³/mol. The molecule has 174 valence electrons. The van der Waals surface area contributed by atoms with E-state index in [1.807, 2.05) is 65.1 Å². The second-order valence-corrected chi connectivity index (χ2v) is 9.86. The zero-order chi connectivity index (χ0) is 23.8. The van der Waals surface area contributed by atoms with Gasteiger partial charge in [-0.2, -0.15) is 0 Å². The molecule has 6 nitrogen and oxygen atoms in total. The van der Waals surface area contributed by atoms with Crippen molar-refractivity contribution in [1.29, 1.82) is 0 Å². The van der Waals surface area contributed by atoms with Crippen LogP contribution in [0.3, 0.4) is 0 Å². The number of thioether (sulfide) groups is 1. The third-order valence-corrected chi connectivity index (χ3v) is 7.59. The lowest BCUT2D eigenvalue weighted by Gasteiger charge is -2.16. The SMILES string of the molecule is O=C(CSc1nnc2n(Cc3ccccc3)c(=O)c3ccccc3n12)c1ccc2c(c1)CCCC2. The van der Waals surface area contributed by atoms with Crippen LogP contribution in [0, 0.1) is 0 Å². The van der Waals surface area contributed by atoms with Gasteiger partial charge in [0, 0.05) is 5.56 Å². The van der Waals surface area contributed by atoms with Gasteiger partial charge in [-0.05, 0) is 60.6 Å². The quantitative estimate of drug-likeness (QED) is 0.254. The number of carbonyl (C=O) groups excluding carboxylic acids is 1. The average molecular weight is 481 g/mol. The van der Waals surface area contributed by atoms with Gasteiger partial charge in [-0.15, -0.1) is 10.2 Å². The molecule has 0 aliphatic heterocycles. The zero-order valence-corrected chi connectivity index (χ0v) is 20.0. The number of Topliss-reactive ketones (excluding diaryl/α,β-unsaturated/α-hetero) is 1. The minimum atomic E-state index is -0.106. The Morgan fingerprint density at radius 1 is 0.886 bits per heavy atom. The molecule has 7 heteroatoms. The minimum absolute atomic E-state index is 0.0713. The molecule has 0 unspecified atom stereocenters. The number of fused-ring (bicyclic) bond motifs is 4. The van der Waals surface area contributed by atoms with Gasteiger partial charge in [0.15, 0.2) is 10.9 Å². The molecule has 0 radical (unpaired) electrons. The molecule has 2 aromatic heterocycles. The highest BCUT2D eigenvalue weighted by atomic mass is 32.2. The van der Waals surface area contributed by atoms with Gasteiger partial charge in [0.2, 0.25) is 5.78 Å². The van der Waals surface area contributed by atoms with Crippen molar-refractivity contribution < 1.29 is 4.79 Å². The molecule has 35 heavy (non-hydrogen) atoms. The lowest BCUT2D eigenvalue weighted by atomic mass is 9.90. The first-order valence-electron chi connectivity index (χ1n) is 11.9. The van der Waals surface area contributed by atoms with Crippen molar-refractivity contribution in [3.8, 4) is 0 Å². The van der Waals surface area contributed by atoms with Gasteiger partial charge in [0.05, 0.1) is 23.2 Å². The van der Waals surface area contributed by atoms with Crippen molar-refractivity contribution in [2.24, 2.45) is 0 Å². The van der Waals surface area contributed by atoms with Crippen LogP contribution in [0.5, 0.6) is 0 Å². The van der Waals surface area contributed by atoms with Crippen LogP contribution in [0.15, 0.2) is 82.7 Å². The molecule has 0 saturated heterocycles. The highest BCUT2D eigenvalue weighted by molar-refractivity contribution is 7.99. The molecule has 5 aromatic rings. The van der Waals surface area contributed by atoms with E-state index in [0.717, 1.165) is 29.5 Å². The third-order valence-electron chi connectivity index (χ3n) is 6.66. The Morgan fingerprint density at radius 2 is 1.66 bits per heavy atom. The molecule has 0 bridgehead atoms. The number of aryl methyl sites for hydroxylation is 2. The number of rotatable bonds is 6. The van der Waals surface area contributed by atoms with Gasteiger partial charge in [0.1, 0.15) is 0 Å². The van der Waals surface area contributed by atoms with Crippen molar-refractivity contribution in [3.05, 3.63) is 105 Å². The van der Waals surface area contributed by atoms with E-state index in [-0.39, 0.29) is 17.1 Å². The summed E-state index contributed by atoms with van der Waals surface area (Å²) in [6.45, 7) is 0.394. The zero-order valence-electron chi connectivity index (χ0n) is 19.2. The Morgan fingerprint density at radius 3 is 2.51 bits per heavy atom. The number of ketones is 1. The number of benzene rings is 3. The minimum Gasteiger partial charge on any atom is -0.293 e. The summed E-state index contributed by atoms with van der Waals surface area (Å²) in [5.41, 5.74) is 5.06. The van der Waals surface area contributed by atoms with E-state index in [4.69, 9.17) is 0 Å². The van der Waals surface area contributed by atoms with E-state index in [9.17, 15) is 9.59 Å². The largest absolute Gasteiger partial charge is 0.293 e. The lowest BCUT2D eigenvalue weighted by molar-refractivity contribution is 0.102. The summed E-state index contributed by atoms with van der Waals surface area (Å²) in [6.07, 6.45) is 4.55. The second-order valence-electron chi connectivity index (χ2n) is 8.91. The molecule has 0 spiro atoms. The lowest BCUT2D eigenvalue weighted by Crippen LogP contribution is -2.24. The molecule has 0 amide bonds. The smallest absolute Gasteiger partial charge is 0.263 e. The van der Waals surface area contributed by atoms with Crippen LogP contribution in [-0.2, 0) is 19.4 Å². The number of hydrogen-bond donors (Lipinski definition) is 0. The Bertz CT molecular complexity index is 1620. The maximum Gasteiger partial charge on any atom is 0.263 e. The van der Waals surface area contributed by atoms with Gasteiger partial charge >= 0.3 is 0 Å². The maximum atomic E-state index is 13.3. The normalized spacial score (nSPS) is 13.3. The summed E-state index contributed by atoms with van der Waals surface area (Å²) < 4.78 is 3.55. The van der Waals surface area contributed by atoms with Gasteiger partial charge in [-0.1, -0.05) is 66.4 Å². The number of para-hydroxylation sites is 1. The summed E-state index contributed by atoms with van der Waals surface area (Å²) in [5.74, 6) is 0.800. The molecule has 0 fully saturated rings. The Balaban J connectivity index is 1.36. The Labute approximate surface area is 206 Å². The fourth-order valence-corrected chi connectivity index (χ4v) is 5.69. The first-order valence-corrected chi connectivity index (χ1v) is 12.9. The van der Waals surface area contributed by atoms with E-state index in [1.54, 1.807) is 4.57 Å². The fourth-order valence-electron chi connectivity index (χ4n) is 4.86. The molecule has 1 aliphatic carbocycles. The highest BCUT2D eigenvalue weighted by Gasteiger charge is 2.19. The summed E-state index contributed by atoms with van der Waals surface area (Å²) in [6, 6.07) is 23.4.